The van der Waals surface area contributed by atoms with E-state index >= 15 is 0 Å². The van der Waals surface area contributed by atoms with Gasteiger partial charge in [0.1, 0.15) is 5.69 Å². The first-order valence-corrected chi connectivity index (χ1v) is 6.84. The first-order chi connectivity index (χ1) is 9.63. The van der Waals surface area contributed by atoms with Crippen molar-refractivity contribution in [2.24, 2.45) is 0 Å². The van der Waals surface area contributed by atoms with Gasteiger partial charge in [0, 0.05) is 19.6 Å². The molecule has 2 N–H and O–H groups in total. The zero-order valence-electron chi connectivity index (χ0n) is 12.5. The number of ether oxygens (including phenoxy) is 1. The second-order valence-electron chi connectivity index (χ2n) is 4.63. The summed E-state index contributed by atoms with van der Waals surface area (Å²) < 4.78 is 5.40. The number of likely N-dealkylation sites (N-methyl/N-ethyl adjacent to an activating group) is 1. The maximum absolute atomic E-state index is 11.8. The third kappa shape index (κ3) is 6.49. The van der Waals surface area contributed by atoms with Gasteiger partial charge in [-0.15, -0.1) is 0 Å². The monoisotopic (exact) mass is 280 g/mol. The quantitative estimate of drug-likeness (QED) is 0.656. The van der Waals surface area contributed by atoms with Crippen molar-refractivity contribution in [1.29, 1.82) is 0 Å². The van der Waals surface area contributed by atoms with Gasteiger partial charge in [0.2, 0.25) is 0 Å². The molecule has 0 bridgehead atoms. The highest BCUT2D eigenvalue weighted by Gasteiger charge is 2.05. The van der Waals surface area contributed by atoms with Crippen LogP contribution in [0.5, 0.6) is 0 Å². The summed E-state index contributed by atoms with van der Waals surface area (Å²) in [7, 11) is 3.99. The van der Waals surface area contributed by atoms with Crippen molar-refractivity contribution in [2.45, 2.75) is 6.92 Å². The second kappa shape index (κ2) is 9.28. The summed E-state index contributed by atoms with van der Waals surface area (Å²) in [4.78, 5) is 18.0. The Labute approximate surface area is 120 Å². The highest BCUT2D eigenvalue weighted by molar-refractivity contribution is 5.92. The van der Waals surface area contributed by atoms with Crippen molar-refractivity contribution >= 4 is 11.6 Å². The summed E-state index contributed by atoms with van der Waals surface area (Å²) in [5, 5.41) is 5.91. The van der Waals surface area contributed by atoms with Gasteiger partial charge in [-0.1, -0.05) is 0 Å². The zero-order valence-corrected chi connectivity index (χ0v) is 12.5. The van der Waals surface area contributed by atoms with E-state index in [-0.39, 0.29) is 5.91 Å². The lowest BCUT2D eigenvalue weighted by atomic mass is 10.3. The zero-order chi connectivity index (χ0) is 14.8. The van der Waals surface area contributed by atoms with Gasteiger partial charge in [0.25, 0.3) is 5.91 Å². The fourth-order valence-corrected chi connectivity index (χ4v) is 1.51. The molecule has 0 aliphatic carbocycles. The number of nitrogens with one attached hydrogen (secondary N) is 2. The van der Waals surface area contributed by atoms with Crippen molar-refractivity contribution in [2.75, 3.05) is 52.3 Å². The van der Waals surface area contributed by atoms with Crippen LogP contribution in [0.25, 0.3) is 0 Å². The minimum atomic E-state index is -0.177. The Kier molecular flexibility index (Phi) is 7.60. The molecule has 0 fully saturated rings. The SMILES string of the molecule is CCNc1ccc(C(=O)NCCOCCN(C)C)nc1. The largest absolute Gasteiger partial charge is 0.384 e. The summed E-state index contributed by atoms with van der Waals surface area (Å²) in [6.45, 7) is 5.38. The number of amides is 1. The van der Waals surface area contributed by atoms with Gasteiger partial charge >= 0.3 is 0 Å². The number of pyridine rings is 1. The normalized spacial score (nSPS) is 10.6. The van der Waals surface area contributed by atoms with Crippen LogP contribution in [-0.4, -0.2) is 62.7 Å². The van der Waals surface area contributed by atoms with Crippen LogP contribution < -0.4 is 10.6 Å². The maximum atomic E-state index is 11.8. The maximum Gasteiger partial charge on any atom is 0.269 e. The first-order valence-electron chi connectivity index (χ1n) is 6.84. The Morgan fingerprint density at radius 3 is 2.75 bits per heavy atom. The van der Waals surface area contributed by atoms with Gasteiger partial charge in [0.05, 0.1) is 25.1 Å². The Morgan fingerprint density at radius 1 is 1.35 bits per heavy atom. The van der Waals surface area contributed by atoms with Gasteiger partial charge in [-0.3, -0.25) is 4.79 Å². The van der Waals surface area contributed by atoms with E-state index in [2.05, 4.69) is 15.6 Å². The standard InChI is InChI=1S/C14H24N4O2/c1-4-15-12-5-6-13(17-11-12)14(19)16-7-9-20-10-8-18(2)3/h5-6,11,15H,4,7-10H2,1-3H3,(H,16,19). The lowest BCUT2D eigenvalue weighted by molar-refractivity contribution is 0.0896. The topological polar surface area (TPSA) is 66.5 Å². The predicted molar refractivity (Wildman–Crippen MR) is 80.1 cm³/mol. The molecule has 20 heavy (non-hydrogen) atoms. The molecule has 0 unspecified atom stereocenters. The molecule has 0 radical (unpaired) electrons. The highest BCUT2D eigenvalue weighted by Crippen LogP contribution is 2.05. The van der Waals surface area contributed by atoms with Crippen LogP contribution in [-0.2, 0) is 4.74 Å². The molecule has 1 amide bonds. The Morgan fingerprint density at radius 2 is 2.15 bits per heavy atom. The van der Waals surface area contributed by atoms with Crippen molar-refractivity contribution in [3.63, 3.8) is 0 Å². The minimum Gasteiger partial charge on any atom is -0.384 e. The molecule has 6 nitrogen and oxygen atoms in total. The molecule has 112 valence electrons. The van der Waals surface area contributed by atoms with Gasteiger partial charge in [0.15, 0.2) is 0 Å². The summed E-state index contributed by atoms with van der Waals surface area (Å²) >= 11 is 0. The van der Waals surface area contributed by atoms with E-state index in [9.17, 15) is 4.79 Å². The molecule has 0 spiro atoms. The Bertz CT molecular complexity index is 393. The van der Waals surface area contributed by atoms with E-state index in [1.54, 1.807) is 12.3 Å². The fraction of sp³-hybridized carbons (Fsp3) is 0.571. The van der Waals surface area contributed by atoms with Crippen LogP contribution in [0.4, 0.5) is 5.69 Å². The van der Waals surface area contributed by atoms with Crippen molar-refractivity contribution in [1.82, 2.24) is 15.2 Å². The van der Waals surface area contributed by atoms with E-state index in [1.807, 2.05) is 32.0 Å². The van der Waals surface area contributed by atoms with Crippen LogP contribution in [0.1, 0.15) is 17.4 Å². The lowest BCUT2D eigenvalue weighted by Gasteiger charge is -2.10. The average molecular weight is 280 g/mol. The lowest BCUT2D eigenvalue weighted by Crippen LogP contribution is -2.29. The number of carbonyl (C=O) groups is 1. The summed E-state index contributed by atoms with van der Waals surface area (Å²) in [5.41, 5.74) is 1.33. The summed E-state index contributed by atoms with van der Waals surface area (Å²) in [6.07, 6.45) is 1.66. The van der Waals surface area contributed by atoms with Gasteiger partial charge in [-0.25, -0.2) is 4.98 Å². The second-order valence-corrected chi connectivity index (χ2v) is 4.63. The molecule has 0 atom stereocenters. The third-order valence-corrected chi connectivity index (χ3v) is 2.59. The van der Waals surface area contributed by atoms with Gasteiger partial charge in [-0.05, 0) is 33.2 Å². The van der Waals surface area contributed by atoms with Crippen LogP contribution in [0.15, 0.2) is 18.3 Å². The number of rotatable bonds is 9. The molecule has 1 aromatic heterocycles. The van der Waals surface area contributed by atoms with E-state index in [4.69, 9.17) is 4.74 Å². The fourth-order valence-electron chi connectivity index (χ4n) is 1.51. The molecule has 0 saturated heterocycles. The van der Waals surface area contributed by atoms with Crippen LogP contribution in [0.3, 0.4) is 0 Å². The van der Waals surface area contributed by atoms with Gasteiger partial charge in [-0.2, -0.15) is 0 Å². The molecule has 0 aliphatic heterocycles. The van der Waals surface area contributed by atoms with Crippen molar-refractivity contribution in [3.8, 4) is 0 Å². The van der Waals surface area contributed by atoms with Crippen LogP contribution >= 0.6 is 0 Å². The van der Waals surface area contributed by atoms with E-state index < -0.39 is 0 Å². The number of hydrogen-bond acceptors (Lipinski definition) is 5. The third-order valence-electron chi connectivity index (χ3n) is 2.59. The highest BCUT2D eigenvalue weighted by atomic mass is 16.5. The smallest absolute Gasteiger partial charge is 0.269 e. The van der Waals surface area contributed by atoms with Gasteiger partial charge < -0.3 is 20.3 Å². The number of carbonyl (C=O) groups excluding carboxylic acids is 1. The van der Waals surface area contributed by atoms with E-state index in [0.29, 0.717) is 25.5 Å². The van der Waals surface area contributed by atoms with Crippen molar-refractivity contribution < 1.29 is 9.53 Å². The number of hydrogen-bond donors (Lipinski definition) is 2. The van der Waals surface area contributed by atoms with Crippen molar-refractivity contribution in [3.05, 3.63) is 24.0 Å². The van der Waals surface area contributed by atoms with E-state index in [1.165, 1.54) is 0 Å². The Hall–Kier alpha value is -1.66. The van der Waals surface area contributed by atoms with E-state index in [0.717, 1.165) is 18.8 Å². The molecular weight excluding hydrogens is 256 g/mol. The molecule has 0 aromatic carbocycles. The minimum absolute atomic E-state index is 0.177. The molecule has 1 rings (SSSR count). The van der Waals surface area contributed by atoms with Crippen LogP contribution in [0.2, 0.25) is 0 Å². The molecule has 0 aliphatic rings. The first kappa shape index (κ1) is 16.4. The number of aromatic nitrogens is 1. The average Bonchev–Trinajstić information content (AvgIpc) is 2.43. The Balaban J connectivity index is 2.22. The molecule has 0 saturated carbocycles. The summed E-state index contributed by atoms with van der Waals surface area (Å²) in [6, 6.07) is 3.55. The molecular formula is C14H24N4O2. The number of nitrogens with zero attached hydrogens (tertiary/aromatic N) is 2. The summed E-state index contributed by atoms with van der Waals surface area (Å²) in [5.74, 6) is -0.177. The molecule has 1 aromatic rings. The number of anilines is 1. The predicted octanol–water partition coefficient (Wildman–Crippen LogP) is 0.821. The van der Waals surface area contributed by atoms with Crippen LogP contribution in [0, 0.1) is 0 Å². The molecule has 1 heterocycles. The molecule has 6 heteroatoms.